The monoisotopic (exact) mass is 1550 g/mol. The summed E-state index contributed by atoms with van der Waals surface area (Å²) >= 11 is 0. The summed E-state index contributed by atoms with van der Waals surface area (Å²) in [5, 5.41) is 28.3. The van der Waals surface area contributed by atoms with Crippen molar-refractivity contribution in [1.29, 1.82) is 0 Å². The summed E-state index contributed by atoms with van der Waals surface area (Å²) in [4.78, 5) is 63.5. The predicted octanol–water partition coefficient (Wildman–Crippen LogP) is 10.7. The average Bonchev–Trinajstić information content (AvgIpc) is 1.74. The third kappa shape index (κ3) is 69.6. The summed E-state index contributed by atoms with van der Waals surface area (Å²) in [6.45, 7) is 20.9. The van der Waals surface area contributed by atoms with Gasteiger partial charge in [-0.1, -0.05) is 205 Å². The maximum absolute atomic E-state index is 12.9. The van der Waals surface area contributed by atoms with E-state index in [1.807, 2.05) is 35.6 Å². The second-order valence-corrected chi connectivity index (χ2v) is 28.4. The first-order valence-corrected chi connectivity index (χ1v) is 42.6. The van der Waals surface area contributed by atoms with Gasteiger partial charge in [-0.2, -0.15) is 0 Å². The third-order valence-electron chi connectivity index (χ3n) is 18.0. The van der Waals surface area contributed by atoms with Gasteiger partial charge < -0.3 is 83.0 Å². The molecule has 28 nitrogen and oxygen atoms in total. The van der Waals surface area contributed by atoms with Crippen LogP contribution >= 0.6 is 0 Å². The molecule has 0 aliphatic carbocycles. The van der Waals surface area contributed by atoms with Crippen LogP contribution in [0, 0.1) is 5.92 Å². The Morgan fingerprint density at radius 3 is 0.835 bits per heavy atom. The molecule has 0 saturated heterocycles. The zero-order valence-corrected chi connectivity index (χ0v) is 68.7. The molecule has 634 valence electrons. The minimum Gasteiger partial charge on any atom is -0.379 e. The lowest BCUT2D eigenvalue weighted by Gasteiger charge is -2.23. The van der Waals surface area contributed by atoms with E-state index in [1.165, 1.54) is 167 Å². The molecule has 5 amide bonds. The fourth-order valence-electron chi connectivity index (χ4n) is 11.6. The SMILES string of the molecule is CCCCCCCCCCCCCCCCc1cn(CCOCCC(=O)NCCOCCNC(=O)CCOCCOCCOCCOCCN(CCOCCOCCOCCOCCC(=O)NCCOCCNC(=O)CCOCCn2cc(CCCCCCCCCCCCCCCC)nn2)C(=O)CC(C)C)nn1. The van der Waals surface area contributed by atoms with Crippen LogP contribution in [0.25, 0.3) is 0 Å². The van der Waals surface area contributed by atoms with Crippen LogP contribution in [0.3, 0.4) is 0 Å². The van der Waals surface area contributed by atoms with Crippen molar-refractivity contribution in [3.63, 3.8) is 0 Å². The van der Waals surface area contributed by atoms with Crippen LogP contribution in [0.1, 0.15) is 251 Å². The highest BCUT2D eigenvalue weighted by Gasteiger charge is 2.16. The predicted molar refractivity (Wildman–Crippen MR) is 424 cm³/mol. The van der Waals surface area contributed by atoms with Crippen molar-refractivity contribution in [3.8, 4) is 0 Å². The van der Waals surface area contributed by atoms with Gasteiger partial charge in [-0.15, -0.1) is 10.2 Å². The number of carbonyl (C=O) groups excluding carboxylic acids is 5. The number of hydrogen-bond acceptors (Lipinski definition) is 21. The lowest BCUT2D eigenvalue weighted by molar-refractivity contribution is -0.134. The van der Waals surface area contributed by atoms with Crippen LogP contribution in [-0.4, -0.2) is 262 Å². The Balaban J connectivity index is 1.27. The molecule has 2 rings (SSSR count). The van der Waals surface area contributed by atoms with Crippen molar-refractivity contribution in [2.45, 2.75) is 266 Å². The summed E-state index contributed by atoms with van der Waals surface area (Å²) in [6, 6.07) is 0. The highest BCUT2D eigenvalue weighted by molar-refractivity contribution is 5.77. The highest BCUT2D eigenvalue weighted by Crippen LogP contribution is 2.16. The van der Waals surface area contributed by atoms with Gasteiger partial charge in [0.25, 0.3) is 0 Å². The number of aryl methyl sites for hydroxylation is 2. The minimum absolute atomic E-state index is 0.0540. The zero-order valence-electron chi connectivity index (χ0n) is 68.7. The van der Waals surface area contributed by atoms with Crippen molar-refractivity contribution < 1.29 is 80.8 Å². The number of rotatable bonds is 86. The fourth-order valence-corrected chi connectivity index (χ4v) is 11.6. The van der Waals surface area contributed by atoms with E-state index in [-0.39, 0.29) is 74.4 Å². The summed E-state index contributed by atoms with van der Waals surface area (Å²) in [5.74, 6) is -0.205. The molecule has 0 radical (unpaired) electrons. The van der Waals surface area contributed by atoms with Gasteiger partial charge in [-0.3, -0.25) is 24.0 Å². The van der Waals surface area contributed by atoms with Crippen LogP contribution < -0.4 is 21.3 Å². The number of ether oxygens (including phenoxy) is 12. The molecule has 0 aliphatic heterocycles. The lowest BCUT2D eigenvalue weighted by atomic mass is 10.0. The maximum Gasteiger partial charge on any atom is 0.222 e. The van der Waals surface area contributed by atoms with Gasteiger partial charge in [0.1, 0.15) is 0 Å². The molecule has 0 unspecified atom stereocenters. The highest BCUT2D eigenvalue weighted by atomic mass is 16.6. The van der Waals surface area contributed by atoms with Gasteiger partial charge in [-0.05, 0) is 31.6 Å². The topological polar surface area (TPSA) is 309 Å². The Hall–Kier alpha value is -4.85. The molecule has 2 aromatic heterocycles. The molecular formula is C81H153N11O17. The van der Waals surface area contributed by atoms with Crippen LogP contribution in [0.5, 0.6) is 0 Å². The molecule has 2 aromatic rings. The number of unbranched alkanes of at least 4 members (excludes halogenated alkanes) is 26. The van der Waals surface area contributed by atoms with Crippen molar-refractivity contribution >= 4 is 29.5 Å². The Morgan fingerprint density at radius 1 is 0.321 bits per heavy atom. The Morgan fingerprint density at radius 2 is 0.560 bits per heavy atom. The van der Waals surface area contributed by atoms with Crippen LogP contribution in [0.4, 0.5) is 0 Å². The number of hydrogen-bond donors (Lipinski definition) is 4. The largest absolute Gasteiger partial charge is 0.379 e. The summed E-state index contributed by atoms with van der Waals surface area (Å²) < 4.78 is 71.0. The molecule has 109 heavy (non-hydrogen) atoms. The molecule has 2 heterocycles. The normalized spacial score (nSPS) is 11.5. The molecule has 0 spiro atoms. The van der Waals surface area contributed by atoms with Crippen molar-refractivity contribution in [3.05, 3.63) is 23.8 Å². The molecule has 0 bridgehead atoms. The Kier molecular flexibility index (Phi) is 72.1. The molecule has 0 fully saturated rings. The van der Waals surface area contributed by atoms with Gasteiger partial charge in [0.2, 0.25) is 29.5 Å². The molecule has 0 atom stereocenters. The minimum atomic E-state index is -0.136. The molecular weight excluding hydrogens is 1400 g/mol. The van der Waals surface area contributed by atoms with E-state index in [0.717, 1.165) is 37.1 Å². The number of nitrogens with zero attached hydrogens (tertiary/aromatic N) is 7. The van der Waals surface area contributed by atoms with Gasteiger partial charge in [0.05, 0.1) is 183 Å². The van der Waals surface area contributed by atoms with Gasteiger partial charge in [-0.25, -0.2) is 9.36 Å². The lowest BCUT2D eigenvalue weighted by Crippen LogP contribution is -2.37. The van der Waals surface area contributed by atoms with Gasteiger partial charge in [0.15, 0.2) is 0 Å². The number of nitrogens with one attached hydrogen (secondary N) is 4. The summed E-state index contributed by atoms with van der Waals surface area (Å²) in [6.07, 6.45) is 45.0. The molecule has 4 N–H and O–H groups in total. The summed E-state index contributed by atoms with van der Waals surface area (Å²) in [7, 11) is 0. The number of carbonyl (C=O) groups is 5. The quantitative estimate of drug-likeness (QED) is 0.0447. The second-order valence-electron chi connectivity index (χ2n) is 28.4. The molecule has 0 saturated carbocycles. The Bertz CT molecular complexity index is 2220. The van der Waals surface area contributed by atoms with E-state index in [4.69, 9.17) is 56.8 Å². The van der Waals surface area contributed by atoms with Crippen LogP contribution in [0.15, 0.2) is 12.4 Å². The smallest absolute Gasteiger partial charge is 0.222 e. The van der Waals surface area contributed by atoms with Crippen molar-refractivity contribution in [2.24, 2.45) is 5.92 Å². The van der Waals surface area contributed by atoms with E-state index >= 15 is 0 Å². The van der Waals surface area contributed by atoms with E-state index in [9.17, 15) is 24.0 Å². The van der Waals surface area contributed by atoms with E-state index in [2.05, 4.69) is 55.7 Å². The molecule has 0 aromatic carbocycles. The third-order valence-corrected chi connectivity index (χ3v) is 18.0. The fraction of sp³-hybridized carbons (Fsp3) is 0.889. The van der Waals surface area contributed by atoms with Crippen molar-refractivity contribution in [2.75, 3.05) is 198 Å². The van der Waals surface area contributed by atoms with Crippen LogP contribution in [-0.2, 0) is 107 Å². The van der Waals surface area contributed by atoms with Gasteiger partial charge in [0, 0.05) is 83.8 Å². The van der Waals surface area contributed by atoms with Crippen molar-refractivity contribution in [1.82, 2.24) is 56.2 Å². The molecule has 28 heteroatoms. The van der Waals surface area contributed by atoms with E-state index in [0.29, 0.717) is 204 Å². The number of aromatic nitrogens is 6. The van der Waals surface area contributed by atoms with Crippen LogP contribution in [0.2, 0.25) is 0 Å². The Labute approximate surface area is 656 Å². The number of amides is 5. The first kappa shape index (κ1) is 100. The van der Waals surface area contributed by atoms with E-state index in [1.54, 1.807) is 4.90 Å². The van der Waals surface area contributed by atoms with Gasteiger partial charge >= 0.3 is 0 Å². The summed E-state index contributed by atoms with van der Waals surface area (Å²) in [5.41, 5.74) is 2.04. The zero-order chi connectivity index (χ0) is 78.3. The first-order valence-electron chi connectivity index (χ1n) is 42.6. The second kappa shape index (κ2) is 78.4. The van der Waals surface area contributed by atoms with E-state index < -0.39 is 0 Å². The molecule has 0 aliphatic rings. The average molecular weight is 1550 g/mol. The maximum atomic E-state index is 12.9. The standard InChI is InChI=1S/C81H153N11O17/c1-5-7-9-11-13-15-17-19-21-23-25-27-29-31-33-75-72-91(88-86-75)45-57-98-47-35-77(93)82-39-51-102-53-41-84-79(95)37-49-100-59-63-106-67-69-108-65-61-104-55-43-90(81(97)71-74(3)4)44-56-105-62-66-109-70-68-107-64-60-101-50-38-80(96)85-42-54-103-52-40-83-78(94)36-48-99-58-46-92-73-76(87-89-92)34-32-30-28-26-24-22-20-18-16-14-12-10-8-6-2/h72-74H,5-71H2,1-4H3,(H,82,93)(H,83,94)(H,84,95)(H,85,96). The first-order chi connectivity index (χ1) is 53.6.